The van der Waals surface area contributed by atoms with Crippen LogP contribution in [-0.2, 0) is 6.54 Å². The highest BCUT2D eigenvalue weighted by Crippen LogP contribution is 2.40. The SMILES string of the molecule is CCCn1cnnc1C1CCC(F)(F)CC1. The summed E-state index contributed by atoms with van der Waals surface area (Å²) in [5.74, 6) is -1.42. The summed E-state index contributed by atoms with van der Waals surface area (Å²) in [6.45, 7) is 2.95. The Hall–Kier alpha value is -1.00. The van der Waals surface area contributed by atoms with Crippen molar-refractivity contribution in [2.75, 3.05) is 0 Å². The third kappa shape index (κ3) is 2.39. The molecule has 5 heteroatoms. The Balaban J connectivity index is 2.05. The van der Waals surface area contributed by atoms with Gasteiger partial charge in [-0.1, -0.05) is 6.92 Å². The van der Waals surface area contributed by atoms with Crippen LogP contribution < -0.4 is 0 Å². The van der Waals surface area contributed by atoms with E-state index in [1.807, 2.05) is 4.57 Å². The van der Waals surface area contributed by atoms with Gasteiger partial charge >= 0.3 is 0 Å². The van der Waals surface area contributed by atoms with Crippen molar-refractivity contribution in [3.8, 4) is 0 Å². The van der Waals surface area contributed by atoms with Gasteiger partial charge in [-0.15, -0.1) is 10.2 Å². The molecule has 90 valence electrons. The summed E-state index contributed by atoms with van der Waals surface area (Å²) in [6.07, 6.45) is 3.72. The van der Waals surface area contributed by atoms with Gasteiger partial charge in [0.2, 0.25) is 5.92 Å². The lowest BCUT2D eigenvalue weighted by Crippen LogP contribution is -2.25. The van der Waals surface area contributed by atoms with Gasteiger partial charge in [-0.05, 0) is 19.3 Å². The van der Waals surface area contributed by atoms with Gasteiger partial charge in [0.1, 0.15) is 12.2 Å². The summed E-state index contributed by atoms with van der Waals surface area (Å²) >= 11 is 0. The third-order valence-corrected chi connectivity index (χ3v) is 3.19. The average Bonchev–Trinajstić information content (AvgIpc) is 2.67. The second-order valence-corrected chi connectivity index (χ2v) is 4.51. The van der Waals surface area contributed by atoms with Gasteiger partial charge in [-0.2, -0.15) is 0 Å². The van der Waals surface area contributed by atoms with E-state index in [1.165, 1.54) is 0 Å². The number of aryl methyl sites for hydroxylation is 1. The standard InChI is InChI=1S/C11H17F2N3/c1-2-7-16-8-14-15-10(16)9-3-5-11(12,13)6-4-9/h8-9H,2-7H2,1H3. The minimum atomic E-state index is -2.47. The summed E-state index contributed by atoms with van der Waals surface area (Å²) in [4.78, 5) is 0. The van der Waals surface area contributed by atoms with Crippen LogP contribution in [-0.4, -0.2) is 20.7 Å². The van der Waals surface area contributed by atoms with Crippen LogP contribution in [0, 0.1) is 0 Å². The van der Waals surface area contributed by atoms with Crippen LogP contribution >= 0.6 is 0 Å². The molecule has 1 fully saturated rings. The fraction of sp³-hybridized carbons (Fsp3) is 0.818. The van der Waals surface area contributed by atoms with Crippen LogP contribution in [0.3, 0.4) is 0 Å². The molecule has 1 saturated carbocycles. The zero-order valence-corrected chi connectivity index (χ0v) is 9.49. The van der Waals surface area contributed by atoms with Gasteiger partial charge in [0.25, 0.3) is 0 Å². The topological polar surface area (TPSA) is 30.7 Å². The fourth-order valence-electron chi connectivity index (χ4n) is 2.29. The van der Waals surface area contributed by atoms with Crippen molar-refractivity contribution in [3.63, 3.8) is 0 Å². The Morgan fingerprint density at radius 1 is 1.44 bits per heavy atom. The summed E-state index contributed by atoms with van der Waals surface area (Å²) in [5.41, 5.74) is 0. The molecule has 0 aromatic carbocycles. The Morgan fingerprint density at radius 2 is 2.12 bits per heavy atom. The summed E-state index contributed by atoms with van der Waals surface area (Å²) in [5, 5.41) is 7.95. The van der Waals surface area contributed by atoms with E-state index in [-0.39, 0.29) is 18.8 Å². The van der Waals surface area contributed by atoms with Crippen LogP contribution in [0.1, 0.15) is 50.8 Å². The number of nitrogens with zero attached hydrogens (tertiary/aromatic N) is 3. The van der Waals surface area contributed by atoms with Crippen molar-refractivity contribution < 1.29 is 8.78 Å². The van der Waals surface area contributed by atoms with Crippen molar-refractivity contribution in [1.29, 1.82) is 0 Å². The van der Waals surface area contributed by atoms with Gasteiger partial charge in [0.05, 0.1) is 0 Å². The Morgan fingerprint density at radius 3 is 2.75 bits per heavy atom. The van der Waals surface area contributed by atoms with Crippen molar-refractivity contribution in [1.82, 2.24) is 14.8 Å². The quantitative estimate of drug-likeness (QED) is 0.797. The van der Waals surface area contributed by atoms with Crippen LogP contribution in [0.15, 0.2) is 6.33 Å². The lowest BCUT2D eigenvalue weighted by Gasteiger charge is -2.27. The molecule has 1 aromatic heterocycles. The lowest BCUT2D eigenvalue weighted by atomic mass is 9.86. The van der Waals surface area contributed by atoms with Gasteiger partial charge in [-0.25, -0.2) is 8.78 Å². The van der Waals surface area contributed by atoms with E-state index in [9.17, 15) is 8.78 Å². The molecular weight excluding hydrogens is 212 g/mol. The Labute approximate surface area is 93.9 Å². The Bertz CT molecular complexity index is 339. The smallest absolute Gasteiger partial charge is 0.248 e. The molecule has 0 N–H and O–H groups in total. The van der Waals surface area contributed by atoms with E-state index in [1.54, 1.807) is 6.33 Å². The lowest BCUT2D eigenvalue weighted by molar-refractivity contribution is -0.0390. The normalized spacial score (nSPS) is 21.2. The number of aromatic nitrogens is 3. The van der Waals surface area contributed by atoms with E-state index in [0.717, 1.165) is 18.8 Å². The highest BCUT2D eigenvalue weighted by Gasteiger charge is 2.36. The van der Waals surface area contributed by atoms with Crippen LogP contribution in [0.4, 0.5) is 8.78 Å². The van der Waals surface area contributed by atoms with Crippen molar-refractivity contribution in [2.24, 2.45) is 0 Å². The predicted octanol–water partition coefficient (Wildman–Crippen LogP) is 2.98. The number of rotatable bonds is 3. The van der Waals surface area contributed by atoms with E-state index in [0.29, 0.717) is 12.8 Å². The minimum absolute atomic E-state index is 0.0172. The molecule has 16 heavy (non-hydrogen) atoms. The molecule has 0 amide bonds. The van der Waals surface area contributed by atoms with E-state index >= 15 is 0 Å². The maximum absolute atomic E-state index is 13.0. The molecule has 0 radical (unpaired) electrons. The van der Waals surface area contributed by atoms with Crippen LogP contribution in [0.2, 0.25) is 0 Å². The first kappa shape index (κ1) is 11.5. The molecule has 0 atom stereocenters. The van der Waals surface area contributed by atoms with Gasteiger partial charge < -0.3 is 4.57 Å². The van der Waals surface area contributed by atoms with Gasteiger partial charge in [0.15, 0.2) is 0 Å². The first-order valence-electron chi connectivity index (χ1n) is 5.88. The molecule has 3 nitrogen and oxygen atoms in total. The van der Waals surface area contributed by atoms with Crippen LogP contribution in [0.5, 0.6) is 0 Å². The number of hydrogen-bond acceptors (Lipinski definition) is 2. The minimum Gasteiger partial charge on any atom is -0.317 e. The second kappa shape index (κ2) is 4.47. The van der Waals surface area contributed by atoms with Crippen molar-refractivity contribution >= 4 is 0 Å². The molecule has 1 aliphatic rings. The summed E-state index contributed by atoms with van der Waals surface area (Å²) in [7, 11) is 0. The van der Waals surface area contributed by atoms with Crippen molar-refractivity contribution in [2.45, 2.75) is 57.4 Å². The predicted molar refractivity (Wildman–Crippen MR) is 56.5 cm³/mol. The highest BCUT2D eigenvalue weighted by atomic mass is 19.3. The maximum Gasteiger partial charge on any atom is 0.248 e. The third-order valence-electron chi connectivity index (χ3n) is 3.19. The molecule has 0 spiro atoms. The van der Waals surface area contributed by atoms with Crippen LogP contribution in [0.25, 0.3) is 0 Å². The zero-order chi connectivity index (χ0) is 11.6. The number of alkyl halides is 2. The first-order chi connectivity index (χ1) is 7.62. The van der Waals surface area contributed by atoms with E-state index in [2.05, 4.69) is 17.1 Å². The zero-order valence-electron chi connectivity index (χ0n) is 9.49. The summed E-state index contributed by atoms with van der Waals surface area (Å²) in [6, 6.07) is 0. The second-order valence-electron chi connectivity index (χ2n) is 4.51. The average molecular weight is 229 g/mol. The fourth-order valence-corrected chi connectivity index (χ4v) is 2.29. The van der Waals surface area contributed by atoms with E-state index < -0.39 is 5.92 Å². The molecular formula is C11H17F2N3. The molecule has 1 aliphatic carbocycles. The van der Waals surface area contributed by atoms with Gasteiger partial charge in [-0.3, -0.25) is 0 Å². The maximum atomic E-state index is 13.0. The highest BCUT2D eigenvalue weighted by molar-refractivity contribution is 4.99. The Kier molecular flexibility index (Phi) is 3.21. The molecule has 0 saturated heterocycles. The molecule has 1 heterocycles. The molecule has 0 aliphatic heterocycles. The first-order valence-corrected chi connectivity index (χ1v) is 5.88. The largest absolute Gasteiger partial charge is 0.317 e. The monoisotopic (exact) mass is 229 g/mol. The molecule has 0 bridgehead atoms. The van der Waals surface area contributed by atoms with E-state index in [4.69, 9.17) is 0 Å². The molecule has 1 aromatic rings. The van der Waals surface area contributed by atoms with Gasteiger partial charge in [0, 0.05) is 25.3 Å². The number of hydrogen-bond donors (Lipinski definition) is 0. The molecule has 2 rings (SSSR count). The molecule has 0 unspecified atom stereocenters. The van der Waals surface area contributed by atoms with Crippen molar-refractivity contribution in [3.05, 3.63) is 12.2 Å². The number of halogens is 2. The summed E-state index contributed by atoms with van der Waals surface area (Å²) < 4.78 is 28.0.